The second-order valence-electron chi connectivity index (χ2n) is 5.97. The van der Waals surface area contributed by atoms with Gasteiger partial charge in [0.05, 0.1) is 0 Å². The van der Waals surface area contributed by atoms with Crippen molar-refractivity contribution >= 4 is 11.4 Å². The summed E-state index contributed by atoms with van der Waals surface area (Å²) in [6.45, 7) is 8.05. The van der Waals surface area contributed by atoms with E-state index in [9.17, 15) is 4.79 Å². The second-order valence-corrected chi connectivity index (χ2v) is 5.97. The fourth-order valence-electron chi connectivity index (χ4n) is 2.94. The van der Waals surface area contributed by atoms with Crippen molar-refractivity contribution in [2.45, 2.75) is 20.3 Å². The maximum atomic E-state index is 12.3. The molecule has 3 heterocycles. The maximum Gasteiger partial charge on any atom is 0.271 e. The number of carbonyl (C=O) groups excluding carboxylic acids is 1. The highest BCUT2D eigenvalue weighted by atomic mass is 16.1. The molecule has 0 fully saturated rings. The summed E-state index contributed by atoms with van der Waals surface area (Å²) in [5.74, 6) is 0.787. The first-order valence-electron chi connectivity index (χ1n) is 8.85. The molecule has 0 aliphatic carbocycles. The monoisotopic (exact) mass is 339 g/mol. The first-order valence-corrected chi connectivity index (χ1v) is 8.85. The van der Waals surface area contributed by atoms with Gasteiger partial charge in [-0.05, 0) is 56.4 Å². The van der Waals surface area contributed by atoms with Gasteiger partial charge in [0.25, 0.3) is 5.91 Å². The SMILES string of the molecule is CCN(CC)CCCNC(=O)c1ccn(-c2ccc3ccccn23)n1. The molecule has 0 atom stereocenters. The zero-order chi connectivity index (χ0) is 17.6. The van der Waals surface area contributed by atoms with Crippen molar-refractivity contribution < 1.29 is 4.79 Å². The van der Waals surface area contributed by atoms with Crippen LogP contribution in [0.5, 0.6) is 0 Å². The molecule has 0 saturated carbocycles. The highest BCUT2D eigenvalue weighted by Crippen LogP contribution is 2.14. The molecule has 0 aliphatic heterocycles. The normalized spacial score (nSPS) is 11.3. The van der Waals surface area contributed by atoms with E-state index in [1.807, 2.05) is 47.1 Å². The van der Waals surface area contributed by atoms with Crippen LogP contribution in [0.15, 0.2) is 48.8 Å². The van der Waals surface area contributed by atoms with E-state index in [4.69, 9.17) is 0 Å². The molecule has 1 N–H and O–H groups in total. The van der Waals surface area contributed by atoms with Gasteiger partial charge in [0.1, 0.15) is 5.82 Å². The Kier molecular flexibility index (Phi) is 5.50. The molecule has 0 unspecified atom stereocenters. The zero-order valence-corrected chi connectivity index (χ0v) is 14.9. The summed E-state index contributed by atoms with van der Waals surface area (Å²) in [6.07, 6.45) is 4.75. The standard InChI is InChI=1S/C19H25N5O/c1-3-22(4-2)13-7-12-20-19(25)17-11-15-24(21-17)18-10-9-16-8-5-6-14-23(16)18/h5-6,8-11,14-15H,3-4,7,12-13H2,1-2H3,(H,20,25). The predicted octanol–water partition coefficient (Wildman–Crippen LogP) is 2.59. The number of amides is 1. The van der Waals surface area contributed by atoms with E-state index in [2.05, 4.69) is 29.2 Å². The van der Waals surface area contributed by atoms with Gasteiger partial charge >= 0.3 is 0 Å². The van der Waals surface area contributed by atoms with Crippen LogP contribution >= 0.6 is 0 Å². The molecule has 0 saturated heterocycles. The lowest BCUT2D eigenvalue weighted by atomic mass is 10.3. The molecular weight excluding hydrogens is 314 g/mol. The Morgan fingerprint density at radius 3 is 2.76 bits per heavy atom. The van der Waals surface area contributed by atoms with Crippen LogP contribution < -0.4 is 5.32 Å². The number of pyridine rings is 1. The number of carbonyl (C=O) groups is 1. The third kappa shape index (κ3) is 3.91. The van der Waals surface area contributed by atoms with Crippen molar-refractivity contribution in [3.8, 4) is 5.82 Å². The van der Waals surface area contributed by atoms with E-state index in [1.54, 1.807) is 10.7 Å². The van der Waals surface area contributed by atoms with Crippen LogP contribution in [0.2, 0.25) is 0 Å². The Morgan fingerprint density at radius 2 is 1.96 bits per heavy atom. The maximum absolute atomic E-state index is 12.3. The number of rotatable bonds is 8. The topological polar surface area (TPSA) is 54.6 Å². The van der Waals surface area contributed by atoms with Crippen molar-refractivity contribution in [2.75, 3.05) is 26.2 Å². The number of fused-ring (bicyclic) bond motifs is 1. The third-order valence-electron chi connectivity index (χ3n) is 4.43. The van der Waals surface area contributed by atoms with Gasteiger partial charge in [-0.1, -0.05) is 19.9 Å². The largest absolute Gasteiger partial charge is 0.351 e. The highest BCUT2D eigenvalue weighted by Gasteiger charge is 2.11. The van der Waals surface area contributed by atoms with Gasteiger partial charge in [0.2, 0.25) is 0 Å². The van der Waals surface area contributed by atoms with E-state index >= 15 is 0 Å². The van der Waals surface area contributed by atoms with E-state index in [-0.39, 0.29) is 5.91 Å². The molecule has 0 aromatic carbocycles. The molecule has 25 heavy (non-hydrogen) atoms. The number of hydrogen-bond donors (Lipinski definition) is 1. The first-order chi connectivity index (χ1) is 12.2. The summed E-state index contributed by atoms with van der Waals surface area (Å²) in [5, 5.41) is 7.37. The van der Waals surface area contributed by atoms with Crippen molar-refractivity contribution in [3.05, 3.63) is 54.5 Å². The average molecular weight is 339 g/mol. The van der Waals surface area contributed by atoms with Crippen LogP contribution in [0.1, 0.15) is 30.8 Å². The Hall–Kier alpha value is -2.60. The summed E-state index contributed by atoms with van der Waals surface area (Å²) < 4.78 is 3.77. The van der Waals surface area contributed by atoms with Gasteiger partial charge in [-0.25, -0.2) is 4.68 Å². The van der Waals surface area contributed by atoms with Gasteiger partial charge in [0, 0.05) is 24.5 Å². The quantitative estimate of drug-likeness (QED) is 0.642. The van der Waals surface area contributed by atoms with Crippen LogP contribution in [0.25, 0.3) is 11.3 Å². The van der Waals surface area contributed by atoms with Gasteiger partial charge in [0.15, 0.2) is 5.69 Å². The second kappa shape index (κ2) is 7.98. The molecule has 6 heteroatoms. The number of nitrogens with zero attached hydrogens (tertiary/aromatic N) is 4. The van der Waals surface area contributed by atoms with E-state index < -0.39 is 0 Å². The fourth-order valence-corrected chi connectivity index (χ4v) is 2.94. The third-order valence-corrected chi connectivity index (χ3v) is 4.43. The molecular formula is C19H25N5O. The molecule has 0 bridgehead atoms. The van der Waals surface area contributed by atoms with Crippen LogP contribution in [0.3, 0.4) is 0 Å². The van der Waals surface area contributed by atoms with Crippen molar-refractivity contribution in [2.24, 2.45) is 0 Å². The lowest BCUT2D eigenvalue weighted by Crippen LogP contribution is -2.30. The zero-order valence-electron chi connectivity index (χ0n) is 14.9. The molecule has 0 spiro atoms. The summed E-state index contributed by atoms with van der Waals surface area (Å²) in [7, 11) is 0. The van der Waals surface area contributed by atoms with E-state index in [0.717, 1.165) is 37.4 Å². The van der Waals surface area contributed by atoms with E-state index in [0.29, 0.717) is 12.2 Å². The molecule has 3 aromatic heterocycles. The number of hydrogen-bond acceptors (Lipinski definition) is 3. The van der Waals surface area contributed by atoms with Gasteiger partial charge in [-0.15, -0.1) is 0 Å². The van der Waals surface area contributed by atoms with Gasteiger partial charge < -0.3 is 14.6 Å². The van der Waals surface area contributed by atoms with Crippen LogP contribution in [-0.2, 0) is 0 Å². The van der Waals surface area contributed by atoms with Crippen LogP contribution in [0, 0.1) is 0 Å². The molecule has 3 aromatic rings. The lowest BCUT2D eigenvalue weighted by Gasteiger charge is -2.17. The number of nitrogens with one attached hydrogen (secondary N) is 1. The minimum Gasteiger partial charge on any atom is -0.351 e. The smallest absolute Gasteiger partial charge is 0.271 e. The Balaban J connectivity index is 1.60. The molecule has 3 rings (SSSR count). The Labute approximate surface area is 148 Å². The average Bonchev–Trinajstić information content (AvgIpc) is 3.28. The Bertz CT molecular complexity index is 831. The summed E-state index contributed by atoms with van der Waals surface area (Å²) in [4.78, 5) is 14.6. The minimum atomic E-state index is -0.126. The molecule has 1 amide bonds. The van der Waals surface area contributed by atoms with Gasteiger partial charge in [-0.3, -0.25) is 4.79 Å². The minimum absolute atomic E-state index is 0.126. The van der Waals surface area contributed by atoms with Crippen molar-refractivity contribution in [1.29, 1.82) is 0 Å². The van der Waals surface area contributed by atoms with Crippen LogP contribution in [-0.4, -0.2) is 51.2 Å². The number of aromatic nitrogens is 3. The first kappa shape index (κ1) is 17.2. The molecule has 132 valence electrons. The van der Waals surface area contributed by atoms with Crippen molar-refractivity contribution in [1.82, 2.24) is 24.4 Å². The summed E-state index contributed by atoms with van der Waals surface area (Å²) >= 11 is 0. The van der Waals surface area contributed by atoms with Crippen LogP contribution in [0.4, 0.5) is 0 Å². The van der Waals surface area contributed by atoms with E-state index in [1.165, 1.54) is 0 Å². The molecule has 6 nitrogen and oxygen atoms in total. The highest BCUT2D eigenvalue weighted by molar-refractivity contribution is 5.92. The fraction of sp³-hybridized carbons (Fsp3) is 0.368. The lowest BCUT2D eigenvalue weighted by molar-refractivity contribution is 0.0946. The molecule has 0 aliphatic rings. The summed E-state index contributed by atoms with van der Waals surface area (Å²) in [5.41, 5.74) is 1.53. The Morgan fingerprint density at radius 1 is 1.12 bits per heavy atom. The van der Waals surface area contributed by atoms with Gasteiger partial charge in [-0.2, -0.15) is 5.10 Å². The van der Waals surface area contributed by atoms with Crippen molar-refractivity contribution in [3.63, 3.8) is 0 Å². The molecule has 0 radical (unpaired) electrons. The summed E-state index contributed by atoms with van der Waals surface area (Å²) in [6, 6.07) is 11.8. The predicted molar refractivity (Wildman–Crippen MR) is 99.3 cm³/mol.